The molecule has 9 heteroatoms. The molecule has 1 amide bonds. The van der Waals surface area contributed by atoms with Crippen LogP contribution >= 0.6 is 23.4 Å². The smallest absolute Gasteiger partial charge is 0.262 e. The molecule has 1 aromatic heterocycles. The molecule has 28 heavy (non-hydrogen) atoms. The molecule has 0 spiro atoms. The van der Waals surface area contributed by atoms with Crippen molar-refractivity contribution in [2.24, 2.45) is 0 Å². The van der Waals surface area contributed by atoms with Gasteiger partial charge in [0.25, 0.3) is 5.56 Å². The SMILES string of the molecule is COCCn1c(SCC(=O)N2C[C@@H](C)O[C@H](C)C2)nc2cc(Cl)ccc2c1=O. The molecule has 7 nitrogen and oxygen atoms in total. The number of benzene rings is 1. The van der Waals surface area contributed by atoms with E-state index < -0.39 is 0 Å². The minimum atomic E-state index is -0.165. The molecule has 1 fully saturated rings. The lowest BCUT2D eigenvalue weighted by molar-refractivity contribution is -0.140. The van der Waals surface area contributed by atoms with Gasteiger partial charge in [0, 0.05) is 25.2 Å². The Morgan fingerprint density at radius 1 is 1.36 bits per heavy atom. The van der Waals surface area contributed by atoms with Crippen LogP contribution in [0.3, 0.4) is 0 Å². The molecule has 0 unspecified atom stereocenters. The second-order valence-electron chi connectivity index (χ2n) is 6.85. The van der Waals surface area contributed by atoms with Crippen LogP contribution in [-0.2, 0) is 20.8 Å². The highest BCUT2D eigenvalue weighted by atomic mass is 35.5. The van der Waals surface area contributed by atoms with Crippen molar-refractivity contribution >= 4 is 40.2 Å². The number of rotatable bonds is 6. The van der Waals surface area contributed by atoms with E-state index in [2.05, 4.69) is 4.98 Å². The van der Waals surface area contributed by atoms with Crippen LogP contribution in [0.15, 0.2) is 28.2 Å². The van der Waals surface area contributed by atoms with Gasteiger partial charge in [0.15, 0.2) is 5.16 Å². The van der Waals surface area contributed by atoms with Crippen molar-refractivity contribution < 1.29 is 14.3 Å². The van der Waals surface area contributed by atoms with Crippen molar-refractivity contribution in [3.63, 3.8) is 0 Å². The predicted molar refractivity (Wildman–Crippen MR) is 110 cm³/mol. The van der Waals surface area contributed by atoms with E-state index >= 15 is 0 Å². The van der Waals surface area contributed by atoms with Crippen LogP contribution in [0.25, 0.3) is 10.9 Å². The Kier molecular flexibility index (Phi) is 6.98. The van der Waals surface area contributed by atoms with Gasteiger partial charge in [-0.1, -0.05) is 23.4 Å². The minimum absolute atomic E-state index is 0.00531. The third kappa shape index (κ3) is 4.86. The fourth-order valence-corrected chi connectivity index (χ4v) is 4.36. The number of halogens is 1. The number of methoxy groups -OCH3 is 1. The van der Waals surface area contributed by atoms with E-state index in [9.17, 15) is 9.59 Å². The Hall–Kier alpha value is -1.61. The molecule has 1 aliphatic rings. The minimum Gasteiger partial charge on any atom is -0.383 e. The highest BCUT2D eigenvalue weighted by molar-refractivity contribution is 7.99. The highest BCUT2D eigenvalue weighted by Gasteiger charge is 2.26. The largest absolute Gasteiger partial charge is 0.383 e. The summed E-state index contributed by atoms with van der Waals surface area (Å²) >= 11 is 7.31. The Labute approximate surface area is 173 Å². The Morgan fingerprint density at radius 2 is 2.07 bits per heavy atom. The van der Waals surface area contributed by atoms with E-state index in [0.717, 1.165) is 0 Å². The first-order valence-electron chi connectivity index (χ1n) is 9.14. The van der Waals surface area contributed by atoms with Gasteiger partial charge in [0.2, 0.25) is 5.91 Å². The fourth-order valence-electron chi connectivity index (χ4n) is 3.26. The number of hydrogen-bond acceptors (Lipinski definition) is 6. The zero-order valence-electron chi connectivity index (χ0n) is 16.2. The summed E-state index contributed by atoms with van der Waals surface area (Å²) in [5.41, 5.74) is 0.358. The molecule has 1 aliphatic heterocycles. The van der Waals surface area contributed by atoms with Crippen LogP contribution in [0, 0.1) is 0 Å². The number of carbonyl (C=O) groups excluding carboxylic acids is 1. The average Bonchev–Trinajstić information content (AvgIpc) is 2.64. The van der Waals surface area contributed by atoms with E-state index in [4.69, 9.17) is 21.1 Å². The molecule has 2 aromatic rings. The van der Waals surface area contributed by atoms with E-state index in [-0.39, 0.29) is 29.4 Å². The molecule has 0 radical (unpaired) electrons. The molecule has 2 heterocycles. The maximum absolute atomic E-state index is 12.9. The van der Waals surface area contributed by atoms with Gasteiger partial charge in [-0.2, -0.15) is 0 Å². The maximum Gasteiger partial charge on any atom is 0.262 e. The summed E-state index contributed by atoms with van der Waals surface area (Å²) in [4.78, 5) is 32.0. The molecular weight excluding hydrogens is 402 g/mol. The van der Waals surface area contributed by atoms with E-state index in [1.54, 1.807) is 34.8 Å². The number of amides is 1. The number of hydrogen-bond donors (Lipinski definition) is 0. The van der Waals surface area contributed by atoms with Gasteiger partial charge in [0.1, 0.15) is 0 Å². The summed E-state index contributed by atoms with van der Waals surface area (Å²) < 4.78 is 12.4. The Morgan fingerprint density at radius 3 is 2.75 bits per heavy atom. The first kappa shape index (κ1) is 21.1. The monoisotopic (exact) mass is 425 g/mol. The van der Waals surface area contributed by atoms with Gasteiger partial charge in [0.05, 0.1) is 42.0 Å². The number of carbonyl (C=O) groups is 1. The number of aromatic nitrogens is 2. The number of morpholine rings is 1. The lowest BCUT2D eigenvalue weighted by Gasteiger charge is -2.35. The molecular formula is C19H24ClN3O4S. The number of ether oxygens (including phenoxy) is 2. The molecule has 3 rings (SSSR count). The second kappa shape index (κ2) is 9.26. The van der Waals surface area contributed by atoms with Crippen molar-refractivity contribution in [1.29, 1.82) is 0 Å². The summed E-state index contributed by atoms with van der Waals surface area (Å²) in [6.45, 7) is 5.80. The summed E-state index contributed by atoms with van der Waals surface area (Å²) in [7, 11) is 1.58. The molecule has 0 aliphatic carbocycles. The van der Waals surface area contributed by atoms with Gasteiger partial charge in [-0.15, -0.1) is 0 Å². The van der Waals surface area contributed by atoms with Crippen LogP contribution in [0.1, 0.15) is 13.8 Å². The van der Waals surface area contributed by atoms with Crippen LogP contribution in [0.5, 0.6) is 0 Å². The number of nitrogens with zero attached hydrogens (tertiary/aromatic N) is 3. The van der Waals surface area contributed by atoms with Gasteiger partial charge in [-0.3, -0.25) is 14.2 Å². The quantitative estimate of drug-likeness (QED) is 0.522. The standard InChI is InChI=1S/C19H24ClN3O4S/c1-12-9-22(10-13(2)27-12)17(24)11-28-19-21-16-8-14(20)4-5-15(16)18(25)23(19)6-7-26-3/h4-5,8,12-13H,6-7,9-11H2,1-3H3/t12-,13-/m1/s1. The van der Waals surface area contributed by atoms with Gasteiger partial charge in [-0.05, 0) is 32.0 Å². The highest BCUT2D eigenvalue weighted by Crippen LogP contribution is 2.21. The Balaban J connectivity index is 1.84. The number of thioether (sulfide) groups is 1. The molecule has 152 valence electrons. The summed E-state index contributed by atoms with van der Waals surface area (Å²) in [5, 5.41) is 1.49. The van der Waals surface area contributed by atoms with E-state index in [1.165, 1.54) is 11.8 Å². The molecule has 0 saturated carbocycles. The van der Waals surface area contributed by atoms with E-state index in [0.29, 0.717) is 47.3 Å². The Bertz CT molecular complexity index is 910. The van der Waals surface area contributed by atoms with Crippen LogP contribution in [0.4, 0.5) is 0 Å². The number of fused-ring (bicyclic) bond motifs is 1. The average molecular weight is 426 g/mol. The van der Waals surface area contributed by atoms with Gasteiger partial charge in [-0.25, -0.2) is 4.98 Å². The third-order valence-corrected chi connectivity index (χ3v) is 5.69. The van der Waals surface area contributed by atoms with Crippen molar-refractivity contribution in [2.75, 3.05) is 32.6 Å². The third-order valence-electron chi connectivity index (χ3n) is 4.50. The first-order valence-corrected chi connectivity index (χ1v) is 10.5. The van der Waals surface area contributed by atoms with Crippen molar-refractivity contribution in [1.82, 2.24) is 14.5 Å². The van der Waals surface area contributed by atoms with Crippen LogP contribution in [-0.4, -0.2) is 65.1 Å². The van der Waals surface area contributed by atoms with Crippen LogP contribution in [0.2, 0.25) is 5.02 Å². The van der Waals surface area contributed by atoms with Crippen molar-refractivity contribution in [2.45, 2.75) is 37.8 Å². The van der Waals surface area contributed by atoms with Crippen molar-refractivity contribution in [3.05, 3.63) is 33.6 Å². The normalized spacial score (nSPS) is 19.9. The lowest BCUT2D eigenvalue weighted by Crippen LogP contribution is -2.48. The zero-order chi connectivity index (χ0) is 20.3. The zero-order valence-corrected chi connectivity index (χ0v) is 17.8. The molecule has 0 N–H and O–H groups in total. The predicted octanol–water partition coefficient (Wildman–Crippen LogP) is 2.42. The molecule has 1 saturated heterocycles. The maximum atomic E-state index is 12.9. The first-order chi connectivity index (χ1) is 13.4. The fraction of sp³-hybridized carbons (Fsp3) is 0.526. The topological polar surface area (TPSA) is 73.7 Å². The summed E-state index contributed by atoms with van der Waals surface area (Å²) in [6.07, 6.45) is 0.0250. The summed E-state index contributed by atoms with van der Waals surface area (Å²) in [5.74, 6) is 0.205. The van der Waals surface area contributed by atoms with Crippen molar-refractivity contribution in [3.8, 4) is 0 Å². The molecule has 1 aromatic carbocycles. The van der Waals surface area contributed by atoms with Crippen LogP contribution < -0.4 is 5.56 Å². The van der Waals surface area contributed by atoms with E-state index in [1.807, 2.05) is 13.8 Å². The lowest BCUT2D eigenvalue weighted by atomic mass is 10.2. The van der Waals surface area contributed by atoms with Gasteiger partial charge >= 0.3 is 0 Å². The molecule has 2 atom stereocenters. The van der Waals surface area contributed by atoms with Gasteiger partial charge < -0.3 is 14.4 Å². The molecule has 0 bridgehead atoms. The second-order valence-corrected chi connectivity index (χ2v) is 8.23. The summed E-state index contributed by atoms with van der Waals surface area (Å²) in [6, 6.07) is 5.01.